The second kappa shape index (κ2) is 4.27. The number of rotatable bonds is 0. The molecule has 110 valence electrons. The molecule has 0 bridgehead atoms. The van der Waals surface area contributed by atoms with E-state index in [-0.39, 0.29) is 0 Å². The highest BCUT2D eigenvalue weighted by Gasteiger charge is 2.40. The molecule has 2 aliphatic rings. The molecule has 3 aromatic rings. The van der Waals surface area contributed by atoms with Gasteiger partial charge in [0.1, 0.15) is 6.17 Å². The Hall–Kier alpha value is -2.99. The molecule has 0 fully saturated rings. The topological polar surface area (TPSA) is 10.8 Å². The third-order valence-corrected chi connectivity index (χ3v) is 5.08. The summed E-state index contributed by atoms with van der Waals surface area (Å²) in [6, 6.07) is 19.2. The molecule has 0 saturated heterocycles. The van der Waals surface area contributed by atoms with Crippen LogP contribution >= 0.6 is 0 Å². The van der Waals surface area contributed by atoms with Crippen molar-refractivity contribution in [2.45, 2.75) is 12.6 Å². The van der Waals surface area contributed by atoms with Crippen LogP contribution in [-0.2, 0) is 6.42 Å². The lowest BCUT2D eigenvalue weighted by Gasteiger charge is -2.23. The van der Waals surface area contributed by atoms with E-state index in [1.165, 1.54) is 33.4 Å². The molecule has 23 heavy (non-hydrogen) atoms. The summed E-state index contributed by atoms with van der Waals surface area (Å²) in [7, 11) is 2.17. The molecule has 3 heteroatoms. The molecule has 2 aliphatic heterocycles. The van der Waals surface area contributed by atoms with Gasteiger partial charge in [0.15, 0.2) is 5.69 Å². The standard InChI is InChI=1S/C20H15N3/c1-21-16-7-8-17-15(9-16)12-20-22(2)18-10-13-5-3-4-6-14(13)11-19(18)23(17)20/h3-11,20H,12H2,2H3. The van der Waals surface area contributed by atoms with Crippen molar-refractivity contribution in [2.75, 3.05) is 16.8 Å². The molecule has 2 heterocycles. The van der Waals surface area contributed by atoms with Crippen LogP contribution in [0.2, 0.25) is 0 Å². The fraction of sp³-hybridized carbons (Fsp3) is 0.150. The van der Waals surface area contributed by atoms with Crippen molar-refractivity contribution >= 4 is 33.5 Å². The first kappa shape index (κ1) is 12.5. The van der Waals surface area contributed by atoms with E-state index < -0.39 is 0 Å². The second-order valence-electron chi connectivity index (χ2n) is 6.28. The molecule has 0 spiro atoms. The van der Waals surface area contributed by atoms with Crippen molar-refractivity contribution in [2.24, 2.45) is 0 Å². The summed E-state index contributed by atoms with van der Waals surface area (Å²) in [4.78, 5) is 8.35. The van der Waals surface area contributed by atoms with Crippen molar-refractivity contribution in [1.29, 1.82) is 0 Å². The number of benzene rings is 3. The van der Waals surface area contributed by atoms with E-state index in [0.717, 1.165) is 12.1 Å². The summed E-state index contributed by atoms with van der Waals surface area (Å²) in [5.74, 6) is 0. The molecule has 0 radical (unpaired) electrons. The average molecular weight is 297 g/mol. The minimum absolute atomic E-state index is 0.317. The molecule has 0 N–H and O–H groups in total. The molecule has 3 nitrogen and oxygen atoms in total. The predicted octanol–water partition coefficient (Wildman–Crippen LogP) is 4.86. The van der Waals surface area contributed by atoms with Gasteiger partial charge >= 0.3 is 0 Å². The van der Waals surface area contributed by atoms with E-state index in [2.05, 4.69) is 64.2 Å². The lowest BCUT2D eigenvalue weighted by Crippen LogP contribution is -2.35. The van der Waals surface area contributed by atoms with Gasteiger partial charge in [-0.05, 0) is 34.5 Å². The van der Waals surface area contributed by atoms with Crippen molar-refractivity contribution in [1.82, 2.24) is 0 Å². The van der Waals surface area contributed by atoms with Gasteiger partial charge in [-0.1, -0.05) is 36.4 Å². The summed E-state index contributed by atoms with van der Waals surface area (Å²) in [5, 5.41) is 2.55. The maximum absolute atomic E-state index is 7.21. The molecular weight excluding hydrogens is 282 g/mol. The van der Waals surface area contributed by atoms with Crippen LogP contribution in [0.3, 0.4) is 0 Å². The van der Waals surface area contributed by atoms with Gasteiger partial charge in [-0.3, -0.25) is 0 Å². The molecule has 5 rings (SSSR count). The minimum Gasteiger partial charge on any atom is -0.352 e. The van der Waals surface area contributed by atoms with E-state index in [1.54, 1.807) is 0 Å². The minimum atomic E-state index is 0.317. The fourth-order valence-electron chi connectivity index (χ4n) is 3.94. The smallest absolute Gasteiger partial charge is 0.187 e. The van der Waals surface area contributed by atoms with E-state index in [4.69, 9.17) is 6.57 Å². The van der Waals surface area contributed by atoms with Crippen molar-refractivity contribution in [3.05, 3.63) is 71.6 Å². The number of nitrogens with zero attached hydrogens (tertiary/aromatic N) is 3. The predicted molar refractivity (Wildman–Crippen MR) is 94.7 cm³/mol. The molecule has 0 amide bonds. The Morgan fingerprint density at radius 3 is 2.43 bits per heavy atom. The van der Waals surface area contributed by atoms with Gasteiger partial charge in [0.05, 0.1) is 17.9 Å². The second-order valence-corrected chi connectivity index (χ2v) is 6.28. The summed E-state index contributed by atoms with van der Waals surface area (Å²) in [6.07, 6.45) is 1.28. The molecule has 1 atom stereocenters. The zero-order valence-electron chi connectivity index (χ0n) is 12.8. The number of likely N-dealkylation sites (N-methyl/N-ethyl adjacent to an activating group) is 1. The first-order chi connectivity index (χ1) is 11.3. The van der Waals surface area contributed by atoms with Crippen molar-refractivity contribution < 1.29 is 0 Å². The number of fused-ring (bicyclic) bond motifs is 6. The van der Waals surface area contributed by atoms with Crippen LogP contribution in [0.1, 0.15) is 5.56 Å². The zero-order chi connectivity index (χ0) is 15.6. The molecule has 0 saturated carbocycles. The van der Waals surface area contributed by atoms with E-state index >= 15 is 0 Å². The van der Waals surface area contributed by atoms with Crippen LogP contribution in [0.4, 0.5) is 22.7 Å². The first-order valence-electron chi connectivity index (χ1n) is 7.81. The molecular formula is C20H15N3. The molecule has 0 aromatic heterocycles. The van der Waals surface area contributed by atoms with Gasteiger partial charge in [-0.25, -0.2) is 4.85 Å². The van der Waals surface area contributed by atoms with Gasteiger partial charge in [-0.2, -0.15) is 0 Å². The Kier molecular flexibility index (Phi) is 2.33. The summed E-state index contributed by atoms with van der Waals surface area (Å²) in [5.41, 5.74) is 5.79. The third kappa shape index (κ3) is 1.58. The van der Waals surface area contributed by atoms with E-state index in [9.17, 15) is 0 Å². The number of hydrogen-bond donors (Lipinski definition) is 0. The van der Waals surface area contributed by atoms with Gasteiger partial charge in [0.25, 0.3) is 0 Å². The maximum atomic E-state index is 7.21. The summed E-state index contributed by atoms with van der Waals surface area (Å²) in [6.45, 7) is 7.21. The molecule has 0 aliphatic carbocycles. The average Bonchev–Trinajstić information content (AvgIpc) is 3.09. The fourth-order valence-corrected chi connectivity index (χ4v) is 3.94. The van der Waals surface area contributed by atoms with Gasteiger partial charge < -0.3 is 9.80 Å². The van der Waals surface area contributed by atoms with Crippen molar-refractivity contribution in [3.8, 4) is 0 Å². The van der Waals surface area contributed by atoms with E-state index in [0.29, 0.717) is 6.17 Å². The highest BCUT2D eigenvalue weighted by Crippen LogP contribution is 2.51. The Labute approximate surface area is 135 Å². The van der Waals surface area contributed by atoms with Crippen LogP contribution in [0.15, 0.2) is 54.6 Å². The Morgan fingerprint density at radius 1 is 0.957 bits per heavy atom. The first-order valence-corrected chi connectivity index (χ1v) is 7.81. The summed E-state index contributed by atoms with van der Waals surface area (Å²) < 4.78 is 0. The number of hydrogen-bond acceptors (Lipinski definition) is 2. The Balaban J connectivity index is 1.74. The number of anilines is 3. The largest absolute Gasteiger partial charge is 0.352 e. The van der Waals surface area contributed by atoms with Gasteiger partial charge in [-0.15, -0.1) is 0 Å². The van der Waals surface area contributed by atoms with Crippen LogP contribution in [0.5, 0.6) is 0 Å². The lowest BCUT2D eigenvalue weighted by atomic mass is 10.1. The normalized spacial score (nSPS) is 17.8. The van der Waals surface area contributed by atoms with Gasteiger partial charge in [0, 0.05) is 19.2 Å². The zero-order valence-corrected chi connectivity index (χ0v) is 12.8. The highest BCUT2D eigenvalue weighted by atomic mass is 15.4. The van der Waals surface area contributed by atoms with Crippen LogP contribution in [0, 0.1) is 6.57 Å². The Morgan fingerprint density at radius 2 is 1.70 bits per heavy atom. The molecule has 3 aromatic carbocycles. The quantitative estimate of drug-likeness (QED) is 0.549. The van der Waals surface area contributed by atoms with E-state index in [1.807, 2.05) is 12.1 Å². The van der Waals surface area contributed by atoms with Crippen LogP contribution < -0.4 is 9.80 Å². The van der Waals surface area contributed by atoms with Crippen LogP contribution in [-0.4, -0.2) is 13.2 Å². The third-order valence-electron chi connectivity index (χ3n) is 5.08. The molecule has 1 unspecified atom stereocenters. The van der Waals surface area contributed by atoms with Crippen LogP contribution in [0.25, 0.3) is 15.6 Å². The maximum Gasteiger partial charge on any atom is 0.187 e. The lowest BCUT2D eigenvalue weighted by molar-refractivity contribution is 0.704. The highest BCUT2D eigenvalue weighted by molar-refractivity contribution is 5.98. The monoisotopic (exact) mass is 297 g/mol. The van der Waals surface area contributed by atoms with Gasteiger partial charge in [0.2, 0.25) is 0 Å². The SMILES string of the molecule is [C-]#[N+]c1ccc2c(c1)CC1N(C)c3cc4ccccc4cc3N21. The summed E-state index contributed by atoms with van der Waals surface area (Å²) >= 11 is 0. The Bertz CT molecular complexity index is 999. The van der Waals surface area contributed by atoms with Crippen molar-refractivity contribution in [3.63, 3.8) is 0 Å².